The van der Waals surface area contributed by atoms with Gasteiger partial charge in [-0.15, -0.1) is 0 Å². The molecule has 1 atom stereocenters. The predicted octanol–water partition coefficient (Wildman–Crippen LogP) is 2.11. The van der Waals surface area contributed by atoms with Crippen LogP contribution in [-0.2, 0) is 6.54 Å². The first-order chi connectivity index (χ1) is 7.77. The molecule has 0 saturated carbocycles. The Balaban J connectivity index is 2.40. The Morgan fingerprint density at radius 1 is 1.56 bits per heavy atom. The van der Waals surface area contributed by atoms with Gasteiger partial charge in [0, 0.05) is 24.5 Å². The second kappa shape index (κ2) is 4.53. The van der Waals surface area contributed by atoms with Crippen LogP contribution in [0.5, 0.6) is 0 Å². The van der Waals surface area contributed by atoms with E-state index in [4.69, 9.17) is 4.42 Å². The minimum Gasteiger partial charge on any atom is -0.469 e. The third-order valence-corrected chi connectivity index (χ3v) is 2.85. The van der Waals surface area contributed by atoms with Crippen molar-refractivity contribution in [1.29, 1.82) is 0 Å². The van der Waals surface area contributed by atoms with Crippen molar-refractivity contribution in [2.45, 2.75) is 26.4 Å². The van der Waals surface area contributed by atoms with Crippen molar-refractivity contribution >= 4 is 0 Å². The lowest BCUT2D eigenvalue weighted by Crippen LogP contribution is -2.22. The van der Waals surface area contributed by atoms with Crippen LogP contribution in [0.2, 0.25) is 0 Å². The number of nitrogens with one attached hydrogen (secondary N) is 1. The summed E-state index contributed by atoms with van der Waals surface area (Å²) in [5, 5.41) is 3.28. The third kappa shape index (κ3) is 1.76. The Hall–Kier alpha value is -1.55. The lowest BCUT2D eigenvalue weighted by Gasteiger charge is -2.16. The summed E-state index contributed by atoms with van der Waals surface area (Å²) in [6.07, 6.45) is 5.54. The molecule has 0 aliphatic rings. The maximum atomic E-state index is 5.34. The Morgan fingerprint density at radius 3 is 2.94 bits per heavy atom. The van der Waals surface area contributed by atoms with E-state index in [1.807, 2.05) is 32.4 Å². The lowest BCUT2D eigenvalue weighted by atomic mass is 10.1. The minimum absolute atomic E-state index is 0.0914. The Labute approximate surface area is 95.3 Å². The zero-order valence-electron chi connectivity index (χ0n) is 9.90. The molecule has 2 rings (SSSR count). The summed E-state index contributed by atoms with van der Waals surface area (Å²) in [6, 6.07) is 2.08. The predicted molar refractivity (Wildman–Crippen MR) is 62.2 cm³/mol. The number of nitrogens with zero attached hydrogens (tertiary/aromatic N) is 2. The molecule has 1 N–H and O–H groups in total. The van der Waals surface area contributed by atoms with Crippen LogP contribution in [-0.4, -0.2) is 16.6 Å². The summed E-state index contributed by atoms with van der Waals surface area (Å²) < 4.78 is 7.47. The van der Waals surface area contributed by atoms with Crippen molar-refractivity contribution in [3.05, 3.63) is 41.9 Å². The highest BCUT2D eigenvalue weighted by Crippen LogP contribution is 2.24. The second-order valence-corrected chi connectivity index (χ2v) is 3.73. The van der Waals surface area contributed by atoms with Crippen molar-refractivity contribution < 1.29 is 4.42 Å². The number of furan rings is 1. The highest BCUT2D eigenvalue weighted by atomic mass is 16.3. The Morgan fingerprint density at radius 2 is 2.38 bits per heavy atom. The molecule has 0 aromatic carbocycles. The molecule has 0 aliphatic carbocycles. The number of hydrogen-bond donors (Lipinski definition) is 1. The standard InChI is InChI=1S/C12H17N3O/c1-4-15-7-6-14-12(15)11(13-3)10-5-8-16-9(10)2/h5-8,11,13H,4H2,1-3H3. The van der Waals surface area contributed by atoms with Crippen molar-refractivity contribution in [3.63, 3.8) is 0 Å². The minimum atomic E-state index is 0.0914. The monoisotopic (exact) mass is 219 g/mol. The largest absolute Gasteiger partial charge is 0.469 e. The number of aromatic nitrogens is 2. The average molecular weight is 219 g/mol. The molecule has 0 aliphatic heterocycles. The molecule has 16 heavy (non-hydrogen) atoms. The molecule has 1 unspecified atom stereocenters. The maximum absolute atomic E-state index is 5.34. The molecule has 0 saturated heterocycles. The van der Waals surface area contributed by atoms with E-state index in [1.165, 1.54) is 0 Å². The second-order valence-electron chi connectivity index (χ2n) is 3.73. The zero-order chi connectivity index (χ0) is 11.5. The molecule has 4 heteroatoms. The first kappa shape index (κ1) is 11.0. The van der Waals surface area contributed by atoms with Gasteiger partial charge >= 0.3 is 0 Å². The third-order valence-electron chi connectivity index (χ3n) is 2.85. The van der Waals surface area contributed by atoms with Crippen LogP contribution >= 0.6 is 0 Å². The summed E-state index contributed by atoms with van der Waals surface area (Å²) in [6.45, 7) is 5.00. The van der Waals surface area contributed by atoms with Crippen LogP contribution in [0.3, 0.4) is 0 Å². The van der Waals surface area contributed by atoms with E-state index < -0.39 is 0 Å². The summed E-state index contributed by atoms with van der Waals surface area (Å²) >= 11 is 0. The SMILES string of the molecule is CCn1ccnc1C(NC)c1ccoc1C. The molecule has 0 bridgehead atoms. The van der Waals surface area contributed by atoms with Gasteiger partial charge < -0.3 is 14.3 Å². The van der Waals surface area contributed by atoms with E-state index in [2.05, 4.69) is 21.8 Å². The summed E-state index contributed by atoms with van der Waals surface area (Å²) in [4.78, 5) is 4.41. The van der Waals surface area contributed by atoms with Gasteiger partial charge in [-0.05, 0) is 27.0 Å². The molecule has 86 valence electrons. The van der Waals surface area contributed by atoms with E-state index in [0.29, 0.717) is 0 Å². The number of rotatable bonds is 4. The van der Waals surface area contributed by atoms with Crippen LogP contribution in [0, 0.1) is 6.92 Å². The van der Waals surface area contributed by atoms with E-state index in [9.17, 15) is 0 Å². The van der Waals surface area contributed by atoms with Gasteiger partial charge in [-0.1, -0.05) is 0 Å². The quantitative estimate of drug-likeness (QED) is 0.856. The Bertz CT molecular complexity index is 458. The van der Waals surface area contributed by atoms with Crippen LogP contribution in [0.4, 0.5) is 0 Å². The van der Waals surface area contributed by atoms with Crippen molar-refractivity contribution in [2.24, 2.45) is 0 Å². The number of hydrogen-bond acceptors (Lipinski definition) is 3. The molecule has 4 nitrogen and oxygen atoms in total. The zero-order valence-corrected chi connectivity index (χ0v) is 9.90. The average Bonchev–Trinajstić information content (AvgIpc) is 2.90. The molecular weight excluding hydrogens is 202 g/mol. The molecule has 0 fully saturated rings. The molecule has 0 spiro atoms. The van der Waals surface area contributed by atoms with Crippen LogP contribution < -0.4 is 5.32 Å². The summed E-state index contributed by atoms with van der Waals surface area (Å²) in [5.41, 5.74) is 1.14. The number of aryl methyl sites for hydroxylation is 2. The highest BCUT2D eigenvalue weighted by Gasteiger charge is 2.20. The topological polar surface area (TPSA) is 43.0 Å². The van der Waals surface area contributed by atoms with Crippen LogP contribution in [0.25, 0.3) is 0 Å². The summed E-state index contributed by atoms with van der Waals surface area (Å²) in [5.74, 6) is 1.96. The first-order valence-electron chi connectivity index (χ1n) is 5.50. The van der Waals surface area contributed by atoms with Gasteiger partial charge in [0.15, 0.2) is 0 Å². The van der Waals surface area contributed by atoms with Crippen LogP contribution in [0.15, 0.2) is 29.1 Å². The van der Waals surface area contributed by atoms with Gasteiger partial charge in [-0.25, -0.2) is 4.98 Å². The van der Waals surface area contributed by atoms with Gasteiger partial charge in [0.05, 0.1) is 12.3 Å². The summed E-state index contributed by atoms with van der Waals surface area (Å²) in [7, 11) is 1.94. The van der Waals surface area contributed by atoms with E-state index >= 15 is 0 Å². The number of imidazole rings is 1. The van der Waals surface area contributed by atoms with E-state index in [0.717, 1.165) is 23.7 Å². The Kier molecular flexibility index (Phi) is 3.10. The van der Waals surface area contributed by atoms with Gasteiger partial charge in [0.2, 0.25) is 0 Å². The molecule has 0 amide bonds. The molecule has 0 radical (unpaired) electrons. The maximum Gasteiger partial charge on any atom is 0.130 e. The lowest BCUT2D eigenvalue weighted by molar-refractivity contribution is 0.516. The molecule has 2 aromatic rings. The molecule has 2 heterocycles. The van der Waals surface area contributed by atoms with Crippen molar-refractivity contribution in [2.75, 3.05) is 7.05 Å². The van der Waals surface area contributed by atoms with Gasteiger partial charge in [0.1, 0.15) is 11.6 Å². The van der Waals surface area contributed by atoms with E-state index in [1.54, 1.807) is 6.26 Å². The van der Waals surface area contributed by atoms with Crippen LogP contribution in [0.1, 0.15) is 30.1 Å². The fourth-order valence-electron chi connectivity index (χ4n) is 1.97. The fourth-order valence-corrected chi connectivity index (χ4v) is 1.97. The smallest absolute Gasteiger partial charge is 0.130 e. The van der Waals surface area contributed by atoms with Gasteiger partial charge in [0.25, 0.3) is 0 Å². The van der Waals surface area contributed by atoms with Gasteiger partial charge in [-0.2, -0.15) is 0 Å². The highest BCUT2D eigenvalue weighted by molar-refractivity contribution is 5.26. The molecule has 2 aromatic heterocycles. The van der Waals surface area contributed by atoms with Crippen molar-refractivity contribution in [1.82, 2.24) is 14.9 Å². The van der Waals surface area contributed by atoms with Gasteiger partial charge in [-0.3, -0.25) is 0 Å². The molecular formula is C12H17N3O. The fraction of sp³-hybridized carbons (Fsp3) is 0.417. The normalized spacial score (nSPS) is 12.9. The van der Waals surface area contributed by atoms with Crippen molar-refractivity contribution in [3.8, 4) is 0 Å². The van der Waals surface area contributed by atoms with E-state index in [-0.39, 0.29) is 6.04 Å². The first-order valence-corrected chi connectivity index (χ1v) is 5.50.